The summed E-state index contributed by atoms with van der Waals surface area (Å²) in [6.45, 7) is 24.3. The quantitative estimate of drug-likeness (QED) is 0.0229. The zero-order valence-electron chi connectivity index (χ0n) is 37.4. The number of nitriles is 3. The first-order chi connectivity index (χ1) is 34.5. The van der Waals surface area contributed by atoms with Crippen molar-refractivity contribution in [2.45, 2.75) is 13.2 Å². The second kappa shape index (κ2) is 20.7. The zero-order valence-corrected chi connectivity index (χ0v) is 37.4. The van der Waals surface area contributed by atoms with E-state index in [2.05, 4.69) is 14.5 Å². The van der Waals surface area contributed by atoms with Crippen LogP contribution in [-0.4, -0.2) is 50.3 Å². The number of hydrogen-bond donors (Lipinski definition) is 0. The van der Waals surface area contributed by atoms with Crippen LogP contribution in [0.25, 0.3) is 64.6 Å². The number of carbonyl (C=O) groups excluding carboxylic acids is 1. The summed E-state index contributed by atoms with van der Waals surface area (Å²) in [5, 5.41) is 29.3. The summed E-state index contributed by atoms with van der Waals surface area (Å²) in [5.41, 5.74) is 13.0. The molecule has 0 aliphatic heterocycles. The van der Waals surface area contributed by atoms with Crippen LogP contribution in [0.4, 0.5) is 0 Å². The molecule has 0 spiro atoms. The van der Waals surface area contributed by atoms with Gasteiger partial charge >= 0.3 is 5.97 Å². The van der Waals surface area contributed by atoms with Gasteiger partial charge in [0.2, 0.25) is 0 Å². The second-order valence-corrected chi connectivity index (χ2v) is 16.0. The number of ether oxygens (including phenoxy) is 1. The predicted molar refractivity (Wildman–Crippen MR) is 259 cm³/mol. The van der Waals surface area contributed by atoms with Crippen LogP contribution in [0.5, 0.6) is 0 Å². The number of carbonyl (C=O) groups is 1. The lowest BCUT2D eigenvalue weighted by Gasteiger charge is -2.22. The maximum Gasteiger partial charge on any atom is 0.338 e. The number of nitrogens with zero attached hydrogens (tertiary/aromatic N) is 7. The Morgan fingerprint density at radius 3 is 1.21 bits per heavy atom. The molecule has 0 radical (unpaired) electrons. The Labute approximate surface area is 404 Å². The fraction of sp³-hybridized carbons (Fsp3) is 0.140. The normalized spacial score (nSPS) is 14.2. The number of esters is 1. The van der Waals surface area contributed by atoms with Gasteiger partial charge in [0.15, 0.2) is 0 Å². The van der Waals surface area contributed by atoms with Crippen molar-refractivity contribution in [1.29, 1.82) is 15.8 Å². The van der Waals surface area contributed by atoms with Crippen LogP contribution in [0.2, 0.25) is 0 Å². The highest BCUT2D eigenvalue weighted by Crippen LogP contribution is 2.50. The third-order valence-electron chi connectivity index (χ3n) is 12.4. The average Bonchev–Trinajstić information content (AvgIpc) is 4.04. The van der Waals surface area contributed by atoms with E-state index in [9.17, 15) is 20.6 Å². The monoisotopic (exact) mass is 915 g/mol. The van der Waals surface area contributed by atoms with Crippen LogP contribution in [0.15, 0.2) is 144 Å². The van der Waals surface area contributed by atoms with Crippen LogP contribution in [0, 0.1) is 53.7 Å². The molecule has 336 valence electrons. The van der Waals surface area contributed by atoms with E-state index in [0.29, 0.717) is 52.1 Å². The van der Waals surface area contributed by atoms with Crippen molar-refractivity contribution in [2.24, 2.45) is 0 Å². The van der Waals surface area contributed by atoms with Gasteiger partial charge in [-0.05, 0) is 78.4 Å². The average molecular weight is 916 g/mol. The van der Waals surface area contributed by atoms with Gasteiger partial charge in [-0.1, -0.05) is 121 Å². The molecule has 13 heteroatoms. The number of fused-ring (bicyclic) bond motifs is 9. The van der Waals surface area contributed by atoms with E-state index in [1.807, 2.05) is 132 Å². The molecule has 6 aromatic rings. The van der Waals surface area contributed by atoms with Gasteiger partial charge in [-0.3, -0.25) is 4.90 Å². The summed E-state index contributed by atoms with van der Waals surface area (Å²) >= 11 is 0. The van der Waals surface area contributed by atoms with E-state index >= 15 is 0 Å². The highest BCUT2D eigenvalue weighted by molar-refractivity contribution is 6.10. The van der Waals surface area contributed by atoms with Crippen LogP contribution in [0.1, 0.15) is 54.9 Å². The van der Waals surface area contributed by atoms with Crippen molar-refractivity contribution >= 4 is 22.7 Å². The molecular formula is C57H37N7O6. The molecule has 6 aromatic carbocycles. The lowest BCUT2D eigenvalue weighted by Crippen LogP contribution is -2.34. The van der Waals surface area contributed by atoms with E-state index in [1.165, 1.54) is 0 Å². The first-order valence-corrected chi connectivity index (χ1v) is 22.1. The first-order valence-electron chi connectivity index (χ1n) is 22.1. The highest BCUT2D eigenvalue weighted by atomic mass is 17.2. The summed E-state index contributed by atoms with van der Waals surface area (Å²) in [4.78, 5) is 49.3. The van der Waals surface area contributed by atoms with Gasteiger partial charge in [0, 0.05) is 41.9 Å². The first kappa shape index (κ1) is 45.9. The van der Waals surface area contributed by atoms with Gasteiger partial charge < -0.3 is 4.74 Å². The molecule has 0 saturated carbocycles. The molecule has 13 nitrogen and oxygen atoms in total. The number of allylic oxidation sites excluding steroid dienone is 3. The molecule has 0 amide bonds. The van der Waals surface area contributed by atoms with Gasteiger partial charge in [0.05, 0.1) is 56.7 Å². The lowest BCUT2D eigenvalue weighted by molar-refractivity contribution is -0.310. The third-order valence-corrected chi connectivity index (χ3v) is 12.4. The number of hydrogen-bond acceptors (Lipinski definition) is 10. The van der Waals surface area contributed by atoms with Crippen LogP contribution < -0.4 is 0 Å². The molecule has 0 N–H and O–H groups in total. The Kier molecular flexibility index (Phi) is 13.6. The van der Waals surface area contributed by atoms with E-state index < -0.39 is 5.97 Å². The minimum absolute atomic E-state index is 0.00145. The van der Waals surface area contributed by atoms with E-state index in [4.69, 9.17) is 44.0 Å². The molecule has 70 heavy (non-hydrogen) atoms. The van der Waals surface area contributed by atoms with Crippen molar-refractivity contribution in [3.05, 3.63) is 229 Å². The van der Waals surface area contributed by atoms with Crippen molar-refractivity contribution in [3.8, 4) is 51.6 Å². The minimum Gasteiger partial charge on any atom is -0.461 e. The van der Waals surface area contributed by atoms with E-state index in [0.717, 1.165) is 61.2 Å². The van der Waals surface area contributed by atoms with Crippen LogP contribution in [-0.2, 0) is 37.5 Å². The Morgan fingerprint density at radius 1 is 0.443 bits per heavy atom. The fourth-order valence-corrected chi connectivity index (χ4v) is 9.42. The maximum absolute atomic E-state index is 13.8. The SMILES string of the molecule is [C-]#[N+]/C(C#N)=C1/c2ccccc2-c2c(COOCCN(CCOOCc3cccc4c3-c3ccccc3/C4=C(/C#N)[N+]#[C-])CCOC(=O)c3cccc4c3-c3ccccc3/C4=C(/C#N)[N+]#[C-])cccc21. The zero-order chi connectivity index (χ0) is 48.6. The third kappa shape index (κ3) is 8.51. The Bertz CT molecular complexity index is 3290. The van der Waals surface area contributed by atoms with E-state index in [1.54, 1.807) is 18.2 Å². The standard InChI is InChI=1S/C57H37N7O6/c1-61-48(31-58)54-41-18-7-4-15-38(41)51-36(13-10-21-44(51)54)34-69-67-29-26-64(25-28-66-57(65)47-24-12-23-46-53(47)40-17-6-9-20-43(40)56(46)50(33-60)63-3)27-30-68-70-35-37-14-11-22-45-52(37)39-16-5-8-19-42(39)55(45)49(32-59)62-2/h4-24H,25-30,34-35H2/b54-48-,55-49+,56-50+. The topological polar surface area (TPSA) is 151 Å². The number of benzene rings is 6. The van der Waals surface area contributed by atoms with Gasteiger partial charge in [-0.25, -0.2) is 54.7 Å². The Balaban J connectivity index is 0.875. The molecular weight excluding hydrogens is 879 g/mol. The molecule has 0 fully saturated rings. The lowest BCUT2D eigenvalue weighted by atomic mass is 9.99. The summed E-state index contributed by atoms with van der Waals surface area (Å²) in [6, 6.07) is 45.3. The molecule has 0 atom stereocenters. The Morgan fingerprint density at radius 2 is 0.800 bits per heavy atom. The smallest absolute Gasteiger partial charge is 0.338 e. The molecule has 0 heterocycles. The van der Waals surface area contributed by atoms with Crippen molar-refractivity contribution < 1.29 is 29.1 Å². The molecule has 0 bridgehead atoms. The summed E-state index contributed by atoms with van der Waals surface area (Å²) in [5.74, 6) is -0.560. The van der Waals surface area contributed by atoms with Gasteiger partial charge in [-0.15, -0.1) is 0 Å². The van der Waals surface area contributed by atoms with Crippen LogP contribution >= 0.6 is 0 Å². The second-order valence-electron chi connectivity index (χ2n) is 16.0. The molecule has 0 saturated heterocycles. The molecule has 3 aliphatic rings. The minimum atomic E-state index is -0.560. The van der Waals surface area contributed by atoms with Crippen LogP contribution in [0.3, 0.4) is 0 Å². The van der Waals surface area contributed by atoms with Crippen molar-refractivity contribution in [2.75, 3.05) is 39.5 Å². The molecule has 3 aliphatic carbocycles. The van der Waals surface area contributed by atoms with Crippen molar-refractivity contribution in [3.63, 3.8) is 0 Å². The van der Waals surface area contributed by atoms with E-state index in [-0.39, 0.29) is 56.7 Å². The summed E-state index contributed by atoms with van der Waals surface area (Å²) in [6.07, 6.45) is 0. The maximum atomic E-state index is 13.8. The largest absolute Gasteiger partial charge is 0.461 e. The molecule has 0 aromatic heterocycles. The highest BCUT2D eigenvalue weighted by Gasteiger charge is 2.32. The fourth-order valence-electron chi connectivity index (χ4n) is 9.42. The van der Waals surface area contributed by atoms with Gasteiger partial charge in [0.25, 0.3) is 17.1 Å². The summed E-state index contributed by atoms with van der Waals surface area (Å²) in [7, 11) is 0. The number of rotatable bonds is 16. The summed E-state index contributed by atoms with van der Waals surface area (Å²) < 4.78 is 5.89. The van der Waals surface area contributed by atoms with Gasteiger partial charge in [0.1, 0.15) is 19.8 Å². The Hall–Kier alpha value is -9.25. The molecule has 9 rings (SSSR count). The van der Waals surface area contributed by atoms with Crippen molar-refractivity contribution in [1.82, 2.24) is 4.90 Å². The van der Waals surface area contributed by atoms with Gasteiger partial charge in [-0.2, -0.15) is 0 Å². The molecule has 0 unspecified atom stereocenters. The predicted octanol–water partition coefficient (Wildman–Crippen LogP) is 11.0.